The minimum Gasteiger partial charge on any atom is -0.346 e. The number of nitrogens with zero attached hydrogens (tertiary/aromatic N) is 2. The standard InChI is InChI=1S/C26H19N3O3/c1-2-16-29-26(32)22-15-9-6-12-19(22)23(28-29)17-27-25(31)21-14-8-7-13-20(21)24(30)18-10-4-3-5-11-18/h1,3-15H,16-17H2,(H,27,31). The summed E-state index contributed by atoms with van der Waals surface area (Å²) < 4.78 is 1.21. The molecule has 4 rings (SSSR count). The van der Waals surface area contributed by atoms with Crippen LogP contribution < -0.4 is 10.9 Å². The smallest absolute Gasteiger partial charge is 0.275 e. The zero-order chi connectivity index (χ0) is 22.5. The molecule has 0 saturated carbocycles. The van der Waals surface area contributed by atoms with E-state index in [2.05, 4.69) is 16.3 Å². The van der Waals surface area contributed by atoms with Gasteiger partial charge in [0.25, 0.3) is 11.5 Å². The molecular weight excluding hydrogens is 402 g/mol. The summed E-state index contributed by atoms with van der Waals surface area (Å²) in [5.74, 6) is 1.77. The van der Waals surface area contributed by atoms with Gasteiger partial charge in [0.05, 0.1) is 23.2 Å². The van der Waals surface area contributed by atoms with Gasteiger partial charge in [-0.25, -0.2) is 4.68 Å². The van der Waals surface area contributed by atoms with Crippen LogP contribution in [0.1, 0.15) is 32.0 Å². The molecule has 0 unspecified atom stereocenters. The maximum Gasteiger partial charge on any atom is 0.275 e. The van der Waals surface area contributed by atoms with Crippen molar-refractivity contribution in [2.45, 2.75) is 13.1 Å². The lowest BCUT2D eigenvalue weighted by atomic mass is 9.98. The van der Waals surface area contributed by atoms with Crippen molar-refractivity contribution in [1.29, 1.82) is 0 Å². The van der Waals surface area contributed by atoms with Crippen LogP contribution in [0.25, 0.3) is 10.8 Å². The molecule has 1 heterocycles. The molecule has 6 heteroatoms. The predicted octanol–water partition coefficient (Wildman–Crippen LogP) is 3.19. The first kappa shape index (κ1) is 20.8. The van der Waals surface area contributed by atoms with Crippen LogP contribution in [0.3, 0.4) is 0 Å². The average Bonchev–Trinajstić information content (AvgIpc) is 2.85. The van der Waals surface area contributed by atoms with Crippen LogP contribution in [0.2, 0.25) is 0 Å². The number of terminal acetylenes is 1. The minimum absolute atomic E-state index is 0.0268. The molecule has 0 spiro atoms. The summed E-state index contributed by atoms with van der Waals surface area (Å²) in [4.78, 5) is 38.5. The quantitative estimate of drug-likeness (QED) is 0.383. The van der Waals surface area contributed by atoms with Crippen LogP contribution in [0.15, 0.2) is 83.7 Å². The summed E-state index contributed by atoms with van der Waals surface area (Å²) in [6.45, 7) is 0.0943. The summed E-state index contributed by atoms with van der Waals surface area (Å²) in [7, 11) is 0. The van der Waals surface area contributed by atoms with Gasteiger partial charge in [-0.2, -0.15) is 5.10 Å². The Morgan fingerprint density at radius 2 is 1.50 bits per heavy atom. The molecule has 0 fully saturated rings. The molecule has 0 atom stereocenters. The topological polar surface area (TPSA) is 81.1 Å². The molecule has 6 nitrogen and oxygen atoms in total. The predicted molar refractivity (Wildman–Crippen MR) is 122 cm³/mol. The number of carbonyl (C=O) groups excluding carboxylic acids is 2. The molecule has 0 bridgehead atoms. The lowest BCUT2D eigenvalue weighted by molar-refractivity contribution is 0.0939. The zero-order valence-corrected chi connectivity index (χ0v) is 17.1. The van der Waals surface area contributed by atoms with E-state index < -0.39 is 5.91 Å². The number of hydrogen-bond donors (Lipinski definition) is 1. The second-order valence-corrected chi connectivity index (χ2v) is 7.08. The van der Waals surface area contributed by atoms with Crippen LogP contribution in [0.4, 0.5) is 0 Å². The molecule has 0 aliphatic heterocycles. The lowest BCUT2D eigenvalue weighted by Gasteiger charge is -2.12. The highest BCUT2D eigenvalue weighted by atomic mass is 16.2. The van der Waals surface area contributed by atoms with E-state index in [1.165, 1.54) is 4.68 Å². The zero-order valence-electron chi connectivity index (χ0n) is 17.1. The van der Waals surface area contributed by atoms with E-state index in [1.807, 2.05) is 6.07 Å². The number of amides is 1. The van der Waals surface area contributed by atoms with E-state index in [0.29, 0.717) is 27.6 Å². The van der Waals surface area contributed by atoms with Crippen molar-refractivity contribution >= 4 is 22.5 Å². The summed E-state index contributed by atoms with van der Waals surface area (Å²) in [5.41, 5.74) is 1.30. The summed E-state index contributed by atoms with van der Waals surface area (Å²) in [6, 6.07) is 22.5. The van der Waals surface area contributed by atoms with E-state index in [9.17, 15) is 14.4 Å². The Bertz CT molecular complexity index is 1420. The number of fused-ring (bicyclic) bond motifs is 1. The first-order chi connectivity index (χ1) is 15.6. The van der Waals surface area contributed by atoms with Crippen molar-refractivity contribution in [3.8, 4) is 12.3 Å². The van der Waals surface area contributed by atoms with E-state index in [4.69, 9.17) is 6.42 Å². The van der Waals surface area contributed by atoms with Gasteiger partial charge in [0.2, 0.25) is 0 Å². The highest BCUT2D eigenvalue weighted by Gasteiger charge is 2.18. The van der Waals surface area contributed by atoms with Crippen LogP contribution in [-0.2, 0) is 13.1 Å². The van der Waals surface area contributed by atoms with Gasteiger partial charge in [-0.05, 0) is 12.1 Å². The molecule has 3 aromatic carbocycles. The molecule has 0 saturated heterocycles. The Balaban J connectivity index is 1.64. The van der Waals surface area contributed by atoms with Gasteiger partial charge >= 0.3 is 0 Å². The normalized spacial score (nSPS) is 10.5. The largest absolute Gasteiger partial charge is 0.346 e. The summed E-state index contributed by atoms with van der Waals surface area (Å²) in [6.07, 6.45) is 5.36. The Hall–Kier alpha value is -4.50. The Morgan fingerprint density at radius 3 is 2.22 bits per heavy atom. The van der Waals surface area contributed by atoms with Gasteiger partial charge in [0.15, 0.2) is 5.78 Å². The first-order valence-electron chi connectivity index (χ1n) is 9.99. The summed E-state index contributed by atoms with van der Waals surface area (Å²) in [5, 5.41) is 8.28. The van der Waals surface area contributed by atoms with Crippen LogP contribution in [0, 0.1) is 12.3 Å². The molecule has 4 aromatic rings. The molecule has 1 amide bonds. The van der Waals surface area contributed by atoms with E-state index in [0.717, 1.165) is 0 Å². The second-order valence-electron chi connectivity index (χ2n) is 7.08. The van der Waals surface area contributed by atoms with Gasteiger partial charge < -0.3 is 5.32 Å². The molecule has 0 aliphatic carbocycles. The number of rotatable bonds is 6. The number of benzene rings is 3. The van der Waals surface area contributed by atoms with Crippen LogP contribution in [0.5, 0.6) is 0 Å². The fourth-order valence-electron chi connectivity index (χ4n) is 3.51. The van der Waals surface area contributed by atoms with Crippen molar-refractivity contribution in [3.63, 3.8) is 0 Å². The third-order valence-corrected chi connectivity index (χ3v) is 5.05. The number of aromatic nitrogens is 2. The molecular formula is C26H19N3O3. The fraction of sp³-hybridized carbons (Fsp3) is 0.0769. The molecule has 0 aliphatic rings. The maximum atomic E-state index is 13.0. The van der Waals surface area contributed by atoms with Crippen molar-refractivity contribution in [1.82, 2.24) is 15.1 Å². The summed E-state index contributed by atoms with van der Waals surface area (Å²) >= 11 is 0. The SMILES string of the molecule is C#CCn1nc(CNC(=O)c2ccccc2C(=O)c2ccccc2)c2ccccc2c1=O. The number of hydrogen-bond acceptors (Lipinski definition) is 4. The Labute approximate surface area is 184 Å². The highest BCUT2D eigenvalue weighted by molar-refractivity contribution is 6.15. The van der Waals surface area contributed by atoms with Crippen molar-refractivity contribution < 1.29 is 9.59 Å². The molecule has 0 radical (unpaired) electrons. The van der Waals surface area contributed by atoms with Gasteiger partial charge in [-0.3, -0.25) is 14.4 Å². The van der Waals surface area contributed by atoms with Crippen LogP contribution in [-0.4, -0.2) is 21.5 Å². The van der Waals surface area contributed by atoms with Gasteiger partial charge in [0, 0.05) is 16.5 Å². The van der Waals surface area contributed by atoms with Crippen molar-refractivity contribution in [3.05, 3.63) is 112 Å². The van der Waals surface area contributed by atoms with Gasteiger partial charge in [0.1, 0.15) is 6.54 Å². The van der Waals surface area contributed by atoms with Crippen molar-refractivity contribution in [2.24, 2.45) is 0 Å². The third kappa shape index (κ3) is 4.05. The number of ketones is 1. The van der Waals surface area contributed by atoms with E-state index >= 15 is 0 Å². The Kier molecular flexibility index (Phi) is 5.91. The Morgan fingerprint density at radius 1 is 0.875 bits per heavy atom. The lowest BCUT2D eigenvalue weighted by Crippen LogP contribution is -2.29. The fourth-order valence-corrected chi connectivity index (χ4v) is 3.51. The van der Waals surface area contributed by atoms with Gasteiger partial charge in [-0.1, -0.05) is 72.7 Å². The monoisotopic (exact) mass is 421 g/mol. The molecule has 1 N–H and O–H groups in total. The third-order valence-electron chi connectivity index (χ3n) is 5.05. The maximum absolute atomic E-state index is 13.0. The number of carbonyl (C=O) groups is 2. The highest BCUT2D eigenvalue weighted by Crippen LogP contribution is 2.16. The molecule has 32 heavy (non-hydrogen) atoms. The van der Waals surface area contributed by atoms with E-state index in [1.54, 1.807) is 72.8 Å². The second kappa shape index (κ2) is 9.11. The van der Waals surface area contributed by atoms with Crippen molar-refractivity contribution in [2.75, 3.05) is 0 Å². The molecule has 156 valence electrons. The average molecular weight is 421 g/mol. The number of nitrogens with one attached hydrogen (secondary N) is 1. The molecule has 1 aromatic heterocycles. The van der Waals surface area contributed by atoms with Crippen LogP contribution >= 0.6 is 0 Å². The first-order valence-corrected chi connectivity index (χ1v) is 9.99. The van der Waals surface area contributed by atoms with E-state index in [-0.39, 0.29) is 30.0 Å². The minimum atomic E-state index is -0.412. The van der Waals surface area contributed by atoms with Gasteiger partial charge in [-0.15, -0.1) is 6.42 Å².